The summed E-state index contributed by atoms with van der Waals surface area (Å²) in [6.07, 6.45) is 2.20. The third kappa shape index (κ3) is 3.50. The number of rotatable bonds is 3. The van der Waals surface area contributed by atoms with Crippen LogP contribution >= 0.6 is 0 Å². The van der Waals surface area contributed by atoms with E-state index in [0.29, 0.717) is 12.0 Å². The van der Waals surface area contributed by atoms with Gasteiger partial charge >= 0.3 is 0 Å². The minimum atomic E-state index is 0.387. The molecule has 2 rings (SSSR count). The van der Waals surface area contributed by atoms with E-state index in [2.05, 4.69) is 34.8 Å². The van der Waals surface area contributed by atoms with Crippen LogP contribution in [0, 0.1) is 6.92 Å². The summed E-state index contributed by atoms with van der Waals surface area (Å²) in [5.41, 5.74) is 8.13. The molecule has 1 aliphatic rings. The fourth-order valence-electron chi connectivity index (χ4n) is 2.34. The zero-order valence-electron chi connectivity index (χ0n) is 11.7. The SMILES string of the molecule is Cc1cc(CN2CCC(N)CC2)nc(C(C)C)n1. The first kappa shape index (κ1) is 13.4. The molecule has 100 valence electrons. The molecule has 1 fully saturated rings. The molecule has 4 nitrogen and oxygen atoms in total. The average molecular weight is 248 g/mol. The van der Waals surface area contributed by atoms with Crippen molar-refractivity contribution in [1.82, 2.24) is 14.9 Å². The number of likely N-dealkylation sites (tertiary alicyclic amines) is 1. The van der Waals surface area contributed by atoms with E-state index >= 15 is 0 Å². The maximum absolute atomic E-state index is 5.93. The molecular formula is C14H24N4. The smallest absolute Gasteiger partial charge is 0.131 e. The highest BCUT2D eigenvalue weighted by Gasteiger charge is 2.17. The maximum Gasteiger partial charge on any atom is 0.131 e. The molecule has 0 unspecified atom stereocenters. The molecule has 0 saturated carbocycles. The largest absolute Gasteiger partial charge is 0.328 e. The number of aryl methyl sites for hydroxylation is 1. The lowest BCUT2D eigenvalue weighted by atomic mass is 10.1. The van der Waals surface area contributed by atoms with Crippen LogP contribution in [0.5, 0.6) is 0 Å². The third-order valence-corrected chi connectivity index (χ3v) is 3.46. The second-order valence-corrected chi connectivity index (χ2v) is 5.63. The van der Waals surface area contributed by atoms with Crippen LogP contribution in [0.3, 0.4) is 0 Å². The molecule has 0 amide bonds. The Morgan fingerprint density at radius 3 is 2.61 bits per heavy atom. The molecule has 4 heteroatoms. The van der Waals surface area contributed by atoms with E-state index in [9.17, 15) is 0 Å². The maximum atomic E-state index is 5.93. The van der Waals surface area contributed by atoms with Gasteiger partial charge in [-0.15, -0.1) is 0 Å². The molecule has 1 aromatic rings. The number of hydrogen-bond donors (Lipinski definition) is 1. The van der Waals surface area contributed by atoms with Crippen molar-refractivity contribution in [2.24, 2.45) is 5.73 Å². The van der Waals surface area contributed by atoms with Crippen LogP contribution in [0.25, 0.3) is 0 Å². The van der Waals surface area contributed by atoms with Crippen LogP contribution in [0.1, 0.15) is 49.8 Å². The van der Waals surface area contributed by atoms with Gasteiger partial charge in [-0.2, -0.15) is 0 Å². The van der Waals surface area contributed by atoms with E-state index in [1.807, 2.05) is 6.92 Å². The van der Waals surface area contributed by atoms with Gasteiger partial charge in [0.1, 0.15) is 5.82 Å². The Labute approximate surface area is 110 Å². The fourth-order valence-corrected chi connectivity index (χ4v) is 2.34. The Bertz CT molecular complexity index is 395. The summed E-state index contributed by atoms with van der Waals surface area (Å²) in [4.78, 5) is 11.6. The van der Waals surface area contributed by atoms with Gasteiger partial charge in [-0.05, 0) is 25.8 Å². The third-order valence-electron chi connectivity index (χ3n) is 3.46. The second kappa shape index (κ2) is 5.76. The summed E-state index contributed by atoms with van der Waals surface area (Å²) in [6.45, 7) is 9.42. The number of nitrogens with two attached hydrogens (primary N) is 1. The highest BCUT2D eigenvalue weighted by molar-refractivity contribution is 5.11. The first-order valence-electron chi connectivity index (χ1n) is 6.87. The zero-order chi connectivity index (χ0) is 13.1. The summed E-state index contributed by atoms with van der Waals surface area (Å²) in [6, 6.07) is 2.49. The molecule has 0 atom stereocenters. The minimum absolute atomic E-state index is 0.387. The normalized spacial score (nSPS) is 18.5. The number of hydrogen-bond acceptors (Lipinski definition) is 4. The Balaban J connectivity index is 2.04. The summed E-state index contributed by atoms with van der Waals surface area (Å²) in [7, 11) is 0. The molecule has 0 radical (unpaired) electrons. The topological polar surface area (TPSA) is 55.0 Å². The van der Waals surface area contributed by atoms with Crippen molar-refractivity contribution in [1.29, 1.82) is 0 Å². The summed E-state index contributed by atoms with van der Waals surface area (Å²) >= 11 is 0. The van der Waals surface area contributed by atoms with Crippen molar-refractivity contribution in [3.63, 3.8) is 0 Å². The Hall–Kier alpha value is -1.00. The Kier molecular flexibility index (Phi) is 4.30. The molecule has 1 aliphatic heterocycles. The quantitative estimate of drug-likeness (QED) is 0.886. The van der Waals surface area contributed by atoms with Gasteiger partial charge in [-0.25, -0.2) is 9.97 Å². The Morgan fingerprint density at radius 1 is 1.33 bits per heavy atom. The van der Waals surface area contributed by atoms with Crippen molar-refractivity contribution in [3.05, 3.63) is 23.3 Å². The van der Waals surface area contributed by atoms with Crippen LogP contribution in [-0.4, -0.2) is 34.0 Å². The van der Waals surface area contributed by atoms with E-state index in [4.69, 9.17) is 5.73 Å². The van der Waals surface area contributed by atoms with Crippen LogP contribution in [0.2, 0.25) is 0 Å². The minimum Gasteiger partial charge on any atom is -0.328 e. The molecule has 2 N–H and O–H groups in total. The fraction of sp³-hybridized carbons (Fsp3) is 0.714. The van der Waals surface area contributed by atoms with E-state index < -0.39 is 0 Å². The molecule has 0 aliphatic carbocycles. The van der Waals surface area contributed by atoms with Gasteiger partial charge in [0.15, 0.2) is 0 Å². The molecule has 0 aromatic carbocycles. The second-order valence-electron chi connectivity index (χ2n) is 5.63. The van der Waals surface area contributed by atoms with Gasteiger partial charge in [0.05, 0.1) is 5.69 Å². The van der Waals surface area contributed by atoms with Crippen molar-refractivity contribution in [2.45, 2.75) is 52.1 Å². The van der Waals surface area contributed by atoms with Crippen LogP contribution in [0.15, 0.2) is 6.07 Å². The van der Waals surface area contributed by atoms with E-state index in [-0.39, 0.29) is 0 Å². The summed E-state index contributed by atoms with van der Waals surface area (Å²) < 4.78 is 0. The van der Waals surface area contributed by atoms with Gasteiger partial charge in [0.25, 0.3) is 0 Å². The summed E-state index contributed by atoms with van der Waals surface area (Å²) in [5.74, 6) is 1.34. The molecule has 0 spiro atoms. The van der Waals surface area contributed by atoms with E-state index in [0.717, 1.165) is 49.7 Å². The predicted octanol–water partition coefficient (Wildman–Crippen LogP) is 1.83. The van der Waals surface area contributed by atoms with E-state index in [1.165, 1.54) is 0 Å². The molecule has 0 bridgehead atoms. The van der Waals surface area contributed by atoms with Crippen LogP contribution in [0.4, 0.5) is 0 Å². The molecular weight excluding hydrogens is 224 g/mol. The number of piperidine rings is 1. The first-order chi connectivity index (χ1) is 8.54. The van der Waals surface area contributed by atoms with Crippen LogP contribution < -0.4 is 5.73 Å². The van der Waals surface area contributed by atoms with Crippen molar-refractivity contribution >= 4 is 0 Å². The first-order valence-corrected chi connectivity index (χ1v) is 6.87. The standard InChI is InChI=1S/C14H24N4/c1-10(2)14-16-11(3)8-13(17-14)9-18-6-4-12(15)5-7-18/h8,10,12H,4-7,9,15H2,1-3H3. The molecule has 2 heterocycles. The van der Waals surface area contributed by atoms with Crippen molar-refractivity contribution in [3.8, 4) is 0 Å². The Morgan fingerprint density at radius 2 is 2.00 bits per heavy atom. The van der Waals surface area contributed by atoms with Gasteiger partial charge in [0.2, 0.25) is 0 Å². The molecule has 1 saturated heterocycles. The highest BCUT2D eigenvalue weighted by atomic mass is 15.1. The zero-order valence-corrected chi connectivity index (χ0v) is 11.7. The molecule has 18 heavy (non-hydrogen) atoms. The number of aromatic nitrogens is 2. The lowest BCUT2D eigenvalue weighted by molar-refractivity contribution is 0.203. The molecule has 1 aromatic heterocycles. The summed E-state index contributed by atoms with van der Waals surface area (Å²) in [5, 5.41) is 0. The van der Waals surface area contributed by atoms with Gasteiger partial charge in [-0.1, -0.05) is 13.8 Å². The lowest BCUT2D eigenvalue weighted by Crippen LogP contribution is -2.39. The van der Waals surface area contributed by atoms with Crippen molar-refractivity contribution in [2.75, 3.05) is 13.1 Å². The van der Waals surface area contributed by atoms with Crippen LogP contribution in [-0.2, 0) is 6.54 Å². The average Bonchev–Trinajstić information content (AvgIpc) is 2.31. The lowest BCUT2D eigenvalue weighted by Gasteiger charge is -2.29. The monoisotopic (exact) mass is 248 g/mol. The van der Waals surface area contributed by atoms with E-state index in [1.54, 1.807) is 0 Å². The predicted molar refractivity (Wildman–Crippen MR) is 73.3 cm³/mol. The van der Waals surface area contributed by atoms with Gasteiger partial charge < -0.3 is 5.73 Å². The highest BCUT2D eigenvalue weighted by Crippen LogP contribution is 2.14. The van der Waals surface area contributed by atoms with Gasteiger partial charge in [0, 0.05) is 37.3 Å². The van der Waals surface area contributed by atoms with Gasteiger partial charge in [-0.3, -0.25) is 4.90 Å². The van der Waals surface area contributed by atoms with Crippen molar-refractivity contribution < 1.29 is 0 Å². The number of nitrogens with zero attached hydrogens (tertiary/aromatic N) is 3.